The first kappa shape index (κ1) is 16.5. The second kappa shape index (κ2) is 7.03. The van der Waals surface area contributed by atoms with E-state index < -0.39 is 0 Å². The van der Waals surface area contributed by atoms with Gasteiger partial charge in [-0.25, -0.2) is 0 Å². The van der Waals surface area contributed by atoms with Gasteiger partial charge in [-0.2, -0.15) is 0 Å². The first-order valence-corrected chi connectivity index (χ1v) is 6.80. The largest absolute Gasteiger partial charge is 0.462 e. The second-order valence-electron chi connectivity index (χ2n) is 7.15. The molecule has 0 N–H and O–H groups in total. The molecular formula is C15H30O2. The molecule has 2 atom stereocenters. The van der Waals surface area contributed by atoms with E-state index in [2.05, 4.69) is 41.5 Å². The molecule has 1 heterocycles. The maximum atomic E-state index is 11.2. The second-order valence-corrected chi connectivity index (χ2v) is 7.15. The lowest BCUT2D eigenvalue weighted by molar-refractivity contribution is -0.144. The van der Waals surface area contributed by atoms with E-state index in [1.165, 1.54) is 0 Å². The molecule has 0 aromatic heterocycles. The van der Waals surface area contributed by atoms with Crippen molar-refractivity contribution in [3.8, 4) is 0 Å². The van der Waals surface area contributed by atoms with Crippen LogP contribution in [0, 0.1) is 17.3 Å². The van der Waals surface area contributed by atoms with Crippen molar-refractivity contribution in [2.75, 3.05) is 0 Å². The molecule has 0 amide bonds. The van der Waals surface area contributed by atoms with Crippen molar-refractivity contribution in [1.82, 2.24) is 0 Å². The summed E-state index contributed by atoms with van der Waals surface area (Å²) < 4.78 is 5.07. The van der Waals surface area contributed by atoms with Gasteiger partial charge in [0.2, 0.25) is 0 Å². The van der Waals surface area contributed by atoms with Gasteiger partial charge < -0.3 is 4.74 Å². The first-order valence-electron chi connectivity index (χ1n) is 6.80. The van der Waals surface area contributed by atoms with Gasteiger partial charge in [-0.05, 0) is 31.1 Å². The Morgan fingerprint density at radius 1 is 1.29 bits per heavy atom. The standard InChI is InChI=1S/C10H18O2.C5H12/c1-7(2)4-5-9-6-8(3)12-10(9)11;1-5(2,3)4/h7-9H,4-6H2,1-3H3;1-4H3. The predicted octanol–water partition coefficient (Wildman–Crippen LogP) is 4.43. The van der Waals surface area contributed by atoms with Crippen molar-refractivity contribution >= 4 is 5.97 Å². The minimum atomic E-state index is 0.0168. The molecule has 2 heteroatoms. The van der Waals surface area contributed by atoms with Crippen molar-refractivity contribution in [1.29, 1.82) is 0 Å². The molecule has 0 aromatic carbocycles. The first-order chi connectivity index (χ1) is 7.59. The van der Waals surface area contributed by atoms with E-state index in [9.17, 15) is 4.79 Å². The lowest BCUT2D eigenvalue weighted by Gasteiger charge is -2.06. The van der Waals surface area contributed by atoms with E-state index in [0.29, 0.717) is 11.3 Å². The zero-order valence-corrected chi connectivity index (χ0v) is 12.7. The Hall–Kier alpha value is -0.530. The number of esters is 1. The van der Waals surface area contributed by atoms with Crippen molar-refractivity contribution < 1.29 is 9.53 Å². The molecule has 0 radical (unpaired) electrons. The lowest BCUT2D eigenvalue weighted by Crippen LogP contribution is -2.08. The molecule has 1 saturated heterocycles. The van der Waals surface area contributed by atoms with Crippen LogP contribution in [0.1, 0.15) is 67.7 Å². The Kier molecular flexibility index (Phi) is 6.81. The van der Waals surface area contributed by atoms with Crippen LogP contribution in [-0.2, 0) is 9.53 Å². The predicted molar refractivity (Wildman–Crippen MR) is 72.9 cm³/mol. The lowest BCUT2D eigenvalue weighted by atomic mass is 9.95. The number of rotatable bonds is 3. The average Bonchev–Trinajstić information content (AvgIpc) is 2.38. The van der Waals surface area contributed by atoms with Crippen molar-refractivity contribution in [2.24, 2.45) is 17.3 Å². The molecule has 102 valence electrons. The molecule has 2 unspecified atom stereocenters. The highest BCUT2D eigenvalue weighted by Crippen LogP contribution is 2.26. The van der Waals surface area contributed by atoms with Crippen LogP contribution in [0.3, 0.4) is 0 Å². The maximum Gasteiger partial charge on any atom is 0.309 e. The van der Waals surface area contributed by atoms with Gasteiger partial charge >= 0.3 is 5.97 Å². The summed E-state index contributed by atoms with van der Waals surface area (Å²) in [5.74, 6) is 0.888. The summed E-state index contributed by atoms with van der Waals surface area (Å²) in [7, 11) is 0. The van der Waals surface area contributed by atoms with Crippen LogP contribution >= 0.6 is 0 Å². The third-order valence-corrected chi connectivity index (χ3v) is 2.36. The summed E-state index contributed by atoms with van der Waals surface area (Å²) in [6, 6.07) is 0. The smallest absolute Gasteiger partial charge is 0.309 e. The van der Waals surface area contributed by atoms with Gasteiger partial charge in [-0.15, -0.1) is 0 Å². The Morgan fingerprint density at radius 2 is 1.76 bits per heavy atom. The van der Waals surface area contributed by atoms with Crippen LogP contribution in [0.4, 0.5) is 0 Å². The zero-order valence-electron chi connectivity index (χ0n) is 12.7. The van der Waals surface area contributed by atoms with E-state index in [-0.39, 0.29) is 18.0 Å². The summed E-state index contributed by atoms with van der Waals surface area (Å²) in [5, 5.41) is 0. The van der Waals surface area contributed by atoms with Gasteiger partial charge in [0.1, 0.15) is 0 Å². The quantitative estimate of drug-likeness (QED) is 0.684. The molecule has 0 bridgehead atoms. The maximum absolute atomic E-state index is 11.2. The minimum absolute atomic E-state index is 0.0168. The van der Waals surface area contributed by atoms with Gasteiger partial charge in [0, 0.05) is 0 Å². The fraction of sp³-hybridized carbons (Fsp3) is 0.933. The summed E-state index contributed by atoms with van der Waals surface area (Å²) >= 11 is 0. The average molecular weight is 242 g/mol. The van der Waals surface area contributed by atoms with E-state index in [0.717, 1.165) is 19.3 Å². The molecule has 0 saturated carbocycles. The fourth-order valence-corrected chi connectivity index (χ4v) is 1.61. The Balaban J connectivity index is 0.000000437. The van der Waals surface area contributed by atoms with Gasteiger partial charge in [-0.3, -0.25) is 4.79 Å². The van der Waals surface area contributed by atoms with Crippen LogP contribution in [0.25, 0.3) is 0 Å². The molecule has 2 nitrogen and oxygen atoms in total. The molecule has 17 heavy (non-hydrogen) atoms. The summed E-state index contributed by atoms with van der Waals surface area (Å²) in [4.78, 5) is 11.2. The zero-order chi connectivity index (χ0) is 13.6. The molecule has 1 fully saturated rings. The molecule has 0 aliphatic carbocycles. The highest BCUT2D eigenvalue weighted by atomic mass is 16.5. The van der Waals surface area contributed by atoms with Crippen molar-refractivity contribution in [3.05, 3.63) is 0 Å². The van der Waals surface area contributed by atoms with Crippen LogP contribution in [0.2, 0.25) is 0 Å². The number of carbonyl (C=O) groups excluding carboxylic acids is 1. The summed E-state index contributed by atoms with van der Waals surface area (Å²) in [6.45, 7) is 15.1. The molecule has 0 aromatic rings. The third kappa shape index (κ3) is 10.3. The fourth-order valence-electron chi connectivity index (χ4n) is 1.61. The van der Waals surface area contributed by atoms with Gasteiger partial charge in [-0.1, -0.05) is 48.0 Å². The van der Waals surface area contributed by atoms with Crippen molar-refractivity contribution in [3.63, 3.8) is 0 Å². The summed E-state index contributed by atoms with van der Waals surface area (Å²) in [5.41, 5.74) is 0.500. The SMILES string of the molecule is CC(C)(C)C.CC(C)CCC1CC(C)OC1=O. The number of hydrogen-bond acceptors (Lipinski definition) is 2. The molecule has 1 aliphatic rings. The highest BCUT2D eigenvalue weighted by molar-refractivity contribution is 5.74. The highest BCUT2D eigenvalue weighted by Gasteiger charge is 2.31. The van der Waals surface area contributed by atoms with Crippen LogP contribution < -0.4 is 0 Å². The summed E-state index contributed by atoms with van der Waals surface area (Å²) in [6.07, 6.45) is 3.20. The Bertz CT molecular complexity index is 220. The van der Waals surface area contributed by atoms with Crippen LogP contribution in [0.5, 0.6) is 0 Å². The molecular weight excluding hydrogens is 212 g/mol. The third-order valence-electron chi connectivity index (χ3n) is 2.36. The number of ether oxygens (including phenoxy) is 1. The monoisotopic (exact) mass is 242 g/mol. The van der Waals surface area contributed by atoms with E-state index in [1.54, 1.807) is 0 Å². The number of hydrogen-bond donors (Lipinski definition) is 0. The van der Waals surface area contributed by atoms with Gasteiger partial charge in [0.05, 0.1) is 12.0 Å². The van der Waals surface area contributed by atoms with E-state index >= 15 is 0 Å². The van der Waals surface area contributed by atoms with Crippen LogP contribution in [0.15, 0.2) is 0 Å². The van der Waals surface area contributed by atoms with Crippen molar-refractivity contribution in [2.45, 2.75) is 73.8 Å². The number of cyclic esters (lactones) is 1. The van der Waals surface area contributed by atoms with Crippen LogP contribution in [-0.4, -0.2) is 12.1 Å². The molecule has 1 rings (SSSR count). The molecule has 0 spiro atoms. The van der Waals surface area contributed by atoms with E-state index in [4.69, 9.17) is 4.74 Å². The Morgan fingerprint density at radius 3 is 2.06 bits per heavy atom. The van der Waals surface area contributed by atoms with Gasteiger partial charge in [0.25, 0.3) is 0 Å². The van der Waals surface area contributed by atoms with Gasteiger partial charge in [0.15, 0.2) is 0 Å². The topological polar surface area (TPSA) is 26.3 Å². The normalized spacial score (nSPS) is 24.4. The van der Waals surface area contributed by atoms with E-state index in [1.807, 2.05) is 6.92 Å². The minimum Gasteiger partial charge on any atom is -0.462 e. The number of carbonyl (C=O) groups is 1. The Labute approximate surface area is 107 Å². The molecule has 1 aliphatic heterocycles.